The van der Waals surface area contributed by atoms with Gasteiger partial charge in [0.1, 0.15) is 0 Å². The molecule has 0 aromatic carbocycles. The second-order valence-electron chi connectivity index (χ2n) is 3.58. The fraction of sp³-hybridized carbons (Fsp3) is 0.667. The summed E-state index contributed by atoms with van der Waals surface area (Å²) in [7, 11) is 0. The summed E-state index contributed by atoms with van der Waals surface area (Å²) < 4.78 is 0. The number of amides is 2. The van der Waals surface area contributed by atoms with Crippen molar-refractivity contribution in [2.45, 2.75) is 6.04 Å². The van der Waals surface area contributed by atoms with Crippen LogP contribution in [0.2, 0.25) is 0 Å². The molecule has 0 aromatic heterocycles. The van der Waals surface area contributed by atoms with Crippen LogP contribution in [0.4, 0.5) is 4.79 Å². The van der Waals surface area contributed by atoms with E-state index in [0.717, 1.165) is 32.7 Å². The van der Waals surface area contributed by atoms with Crippen molar-refractivity contribution in [3.63, 3.8) is 0 Å². The maximum Gasteiger partial charge on any atom is 0.317 e. The highest BCUT2D eigenvalue weighted by Crippen LogP contribution is 2.13. The minimum atomic E-state index is 0.100. The Morgan fingerprint density at radius 1 is 1.62 bits per heavy atom. The van der Waals surface area contributed by atoms with E-state index in [9.17, 15) is 4.79 Å². The van der Waals surface area contributed by atoms with Gasteiger partial charge in [-0.3, -0.25) is 4.90 Å². The molecule has 1 unspecified atom stereocenters. The number of nitrogens with zero attached hydrogens (tertiary/aromatic N) is 2. The molecule has 2 aliphatic heterocycles. The van der Waals surface area contributed by atoms with Crippen LogP contribution in [0.3, 0.4) is 0 Å². The Bertz CT molecular complexity index is 229. The number of fused-ring (bicyclic) bond motifs is 1. The first-order valence-electron chi connectivity index (χ1n) is 4.69. The maximum atomic E-state index is 11.2. The average Bonchev–Trinajstić information content (AvgIpc) is 2.48. The molecule has 0 aromatic rings. The SMILES string of the molecule is C=CCN1CCN2C(=O)NCC2C1. The number of urea groups is 1. The summed E-state index contributed by atoms with van der Waals surface area (Å²) in [6.07, 6.45) is 1.92. The zero-order chi connectivity index (χ0) is 9.26. The van der Waals surface area contributed by atoms with Crippen LogP contribution in [-0.2, 0) is 0 Å². The van der Waals surface area contributed by atoms with Gasteiger partial charge in [-0.05, 0) is 0 Å². The van der Waals surface area contributed by atoms with Crippen molar-refractivity contribution in [2.75, 3.05) is 32.7 Å². The molecular formula is C9H15N3O. The van der Waals surface area contributed by atoms with E-state index in [1.54, 1.807) is 0 Å². The number of carbonyl (C=O) groups is 1. The lowest BCUT2D eigenvalue weighted by Gasteiger charge is -2.35. The lowest BCUT2D eigenvalue weighted by atomic mass is 10.2. The highest BCUT2D eigenvalue weighted by Gasteiger charge is 2.34. The highest BCUT2D eigenvalue weighted by molar-refractivity contribution is 5.77. The van der Waals surface area contributed by atoms with Crippen molar-refractivity contribution >= 4 is 6.03 Å². The zero-order valence-electron chi connectivity index (χ0n) is 7.70. The maximum absolute atomic E-state index is 11.2. The van der Waals surface area contributed by atoms with Crippen molar-refractivity contribution < 1.29 is 4.79 Å². The molecule has 0 radical (unpaired) electrons. The van der Waals surface area contributed by atoms with Gasteiger partial charge in [0.2, 0.25) is 0 Å². The summed E-state index contributed by atoms with van der Waals surface area (Å²) in [6, 6.07) is 0.476. The highest BCUT2D eigenvalue weighted by atomic mass is 16.2. The molecule has 0 spiro atoms. The molecule has 4 heteroatoms. The second kappa shape index (κ2) is 3.38. The Morgan fingerprint density at radius 2 is 2.46 bits per heavy atom. The second-order valence-corrected chi connectivity index (χ2v) is 3.58. The van der Waals surface area contributed by atoms with E-state index in [4.69, 9.17) is 0 Å². The van der Waals surface area contributed by atoms with E-state index >= 15 is 0 Å². The molecular weight excluding hydrogens is 166 g/mol. The fourth-order valence-corrected chi connectivity index (χ4v) is 2.02. The Kier molecular flexibility index (Phi) is 2.22. The van der Waals surface area contributed by atoms with Gasteiger partial charge >= 0.3 is 6.03 Å². The molecule has 2 fully saturated rings. The van der Waals surface area contributed by atoms with Gasteiger partial charge < -0.3 is 10.2 Å². The van der Waals surface area contributed by atoms with Crippen molar-refractivity contribution in [1.82, 2.24) is 15.1 Å². The van der Waals surface area contributed by atoms with Crippen LogP contribution in [0.15, 0.2) is 12.7 Å². The number of hydrogen-bond acceptors (Lipinski definition) is 2. The lowest BCUT2D eigenvalue weighted by molar-refractivity contribution is 0.130. The predicted molar refractivity (Wildman–Crippen MR) is 50.5 cm³/mol. The van der Waals surface area contributed by atoms with E-state index in [2.05, 4.69) is 16.8 Å². The van der Waals surface area contributed by atoms with Gasteiger partial charge in [0.05, 0.1) is 6.04 Å². The topological polar surface area (TPSA) is 35.6 Å². The first-order chi connectivity index (χ1) is 6.31. The molecule has 1 atom stereocenters. The van der Waals surface area contributed by atoms with Crippen LogP contribution in [0, 0.1) is 0 Å². The molecule has 13 heavy (non-hydrogen) atoms. The van der Waals surface area contributed by atoms with Crippen molar-refractivity contribution in [3.05, 3.63) is 12.7 Å². The third-order valence-corrected chi connectivity index (χ3v) is 2.70. The molecule has 1 N–H and O–H groups in total. The van der Waals surface area contributed by atoms with E-state index in [-0.39, 0.29) is 6.03 Å². The first kappa shape index (κ1) is 8.56. The summed E-state index contributed by atoms with van der Waals surface area (Å²) in [5, 5.41) is 2.86. The van der Waals surface area contributed by atoms with Crippen LogP contribution in [0.1, 0.15) is 0 Å². The quantitative estimate of drug-likeness (QED) is 0.603. The molecule has 0 bridgehead atoms. The third-order valence-electron chi connectivity index (χ3n) is 2.70. The van der Waals surface area contributed by atoms with E-state index in [0.29, 0.717) is 6.04 Å². The Morgan fingerprint density at radius 3 is 3.23 bits per heavy atom. The lowest BCUT2D eigenvalue weighted by Crippen LogP contribution is -2.51. The minimum Gasteiger partial charge on any atom is -0.336 e. The standard InChI is InChI=1S/C9H15N3O/c1-2-3-11-4-5-12-8(7-11)6-10-9(12)13/h2,8H,1,3-7H2,(H,10,13). The molecule has 0 saturated carbocycles. The Labute approximate surface area is 78.2 Å². The van der Waals surface area contributed by atoms with Crippen LogP contribution in [0.5, 0.6) is 0 Å². The molecule has 2 rings (SSSR count). The summed E-state index contributed by atoms with van der Waals surface area (Å²) in [6.45, 7) is 8.24. The number of piperazine rings is 1. The van der Waals surface area contributed by atoms with Gasteiger partial charge in [0.25, 0.3) is 0 Å². The van der Waals surface area contributed by atoms with E-state index < -0.39 is 0 Å². The van der Waals surface area contributed by atoms with Gasteiger partial charge in [-0.2, -0.15) is 0 Å². The summed E-state index contributed by atoms with van der Waals surface area (Å²) in [5.74, 6) is 0. The van der Waals surface area contributed by atoms with Gasteiger partial charge in [-0.1, -0.05) is 6.08 Å². The molecule has 2 amide bonds. The monoisotopic (exact) mass is 181 g/mol. The predicted octanol–water partition coefficient (Wildman–Crippen LogP) is -0.118. The minimum absolute atomic E-state index is 0.100. The molecule has 2 saturated heterocycles. The van der Waals surface area contributed by atoms with Crippen LogP contribution in [-0.4, -0.2) is 54.6 Å². The number of rotatable bonds is 2. The molecule has 4 nitrogen and oxygen atoms in total. The van der Waals surface area contributed by atoms with E-state index in [1.165, 1.54) is 0 Å². The average molecular weight is 181 g/mol. The molecule has 2 heterocycles. The van der Waals surface area contributed by atoms with Crippen LogP contribution in [0.25, 0.3) is 0 Å². The zero-order valence-corrected chi connectivity index (χ0v) is 7.70. The number of carbonyl (C=O) groups excluding carboxylic acids is 1. The van der Waals surface area contributed by atoms with Gasteiger partial charge in [0, 0.05) is 32.7 Å². The first-order valence-corrected chi connectivity index (χ1v) is 4.69. The van der Waals surface area contributed by atoms with Crippen LogP contribution < -0.4 is 5.32 Å². The molecule has 0 aliphatic carbocycles. The Balaban J connectivity index is 1.95. The van der Waals surface area contributed by atoms with Crippen LogP contribution >= 0.6 is 0 Å². The largest absolute Gasteiger partial charge is 0.336 e. The summed E-state index contributed by atoms with van der Waals surface area (Å²) in [5.41, 5.74) is 0. The third kappa shape index (κ3) is 1.54. The van der Waals surface area contributed by atoms with Crippen molar-refractivity contribution in [2.24, 2.45) is 0 Å². The van der Waals surface area contributed by atoms with Gasteiger partial charge in [-0.25, -0.2) is 4.79 Å². The molecule has 2 aliphatic rings. The summed E-state index contributed by atoms with van der Waals surface area (Å²) in [4.78, 5) is 15.5. The number of nitrogens with one attached hydrogen (secondary N) is 1. The van der Waals surface area contributed by atoms with Crippen molar-refractivity contribution in [3.8, 4) is 0 Å². The van der Waals surface area contributed by atoms with Crippen molar-refractivity contribution in [1.29, 1.82) is 0 Å². The Hall–Kier alpha value is -1.03. The summed E-state index contributed by atoms with van der Waals surface area (Å²) >= 11 is 0. The van der Waals surface area contributed by atoms with Gasteiger partial charge in [-0.15, -0.1) is 6.58 Å². The smallest absolute Gasteiger partial charge is 0.317 e. The number of hydrogen-bond donors (Lipinski definition) is 1. The normalized spacial score (nSPS) is 28.5. The fourth-order valence-electron chi connectivity index (χ4n) is 2.02. The molecule has 72 valence electrons. The van der Waals surface area contributed by atoms with Gasteiger partial charge in [0.15, 0.2) is 0 Å². The van der Waals surface area contributed by atoms with E-state index in [1.807, 2.05) is 11.0 Å².